The molecule has 1 heterocycles. The van der Waals surface area contributed by atoms with E-state index in [1.165, 1.54) is 12.3 Å². The van der Waals surface area contributed by atoms with Gasteiger partial charge in [-0.25, -0.2) is 0 Å². The van der Waals surface area contributed by atoms with Crippen molar-refractivity contribution in [3.63, 3.8) is 0 Å². The van der Waals surface area contributed by atoms with Crippen molar-refractivity contribution in [2.75, 3.05) is 6.54 Å². The summed E-state index contributed by atoms with van der Waals surface area (Å²) in [6, 6.07) is 1.48. The average Bonchev–Trinajstić information content (AvgIpc) is 2.34. The predicted molar refractivity (Wildman–Crippen MR) is 72.1 cm³/mol. The Hall–Kier alpha value is -1.20. The standard InChI is InChI=1S/C12H18ClN3O2/c1-4-5-14-9(3)8(2)12-11(16(17)18)6-10(13)7-15-12/h6-9,14H,4-5H2,1-3H3. The van der Waals surface area contributed by atoms with Crippen LogP contribution < -0.4 is 5.32 Å². The second-order valence-corrected chi connectivity index (χ2v) is 4.78. The van der Waals surface area contributed by atoms with Gasteiger partial charge >= 0.3 is 0 Å². The molecular weight excluding hydrogens is 254 g/mol. The molecule has 6 heteroatoms. The van der Waals surface area contributed by atoms with Gasteiger partial charge < -0.3 is 5.32 Å². The van der Waals surface area contributed by atoms with Gasteiger partial charge in [0.15, 0.2) is 0 Å². The van der Waals surface area contributed by atoms with Crippen LogP contribution in [0.2, 0.25) is 5.02 Å². The third-order valence-electron chi connectivity index (χ3n) is 2.96. The van der Waals surface area contributed by atoms with Gasteiger partial charge in [0.2, 0.25) is 0 Å². The predicted octanol–water partition coefficient (Wildman–Crippen LogP) is 3.13. The number of rotatable bonds is 6. The molecule has 0 bridgehead atoms. The lowest BCUT2D eigenvalue weighted by Gasteiger charge is -2.20. The maximum atomic E-state index is 11.0. The monoisotopic (exact) mass is 271 g/mol. The molecule has 0 spiro atoms. The van der Waals surface area contributed by atoms with E-state index in [9.17, 15) is 10.1 Å². The van der Waals surface area contributed by atoms with E-state index in [4.69, 9.17) is 11.6 Å². The minimum atomic E-state index is -0.433. The minimum absolute atomic E-state index is 0.0138. The minimum Gasteiger partial charge on any atom is -0.314 e. The number of hydrogen-bond donors (Lipinski definition) is 1. The number of pyridine rings is 1. The molecule has 1 aromatic rings. The second kappa shape index (κ2) is 6.66. The molecule has 0 aliphatic rings. The topological polar surface area (TPSA) is 68.1 Å². The first-order valence-corrected chi connectivity index (χ1v) is 6.38. The third-order valence-corrected chi connectivity index (χ3v) is 3.17. The molecule has 2 unspecified atom stereocenters. The van der Waals surface area contributed by atoms with E-state index in [2.05, 4.69) is 17.2 Å². The Bertz CT molecular complexity index is 426. The summed E-state index contributed by atoms with van der Waals surface area (Å²) in [6.07, 6.45) is 2.47. The van der Waals surface area contributed by atoms with Crippen molar-refractivity contribution in [2.45, 2.75) is 39.2 Å². The first-order valence-electron chi connectivity index (χ1n) is 6.00. The quantitative estimate of drug-likeness (QED) is 0.637. The summed E-state index contributed by atoms with van der Waals surface area (Å²) in [5.41, 5.74) is 0.459. The Labute approximate surface area is 112 Å². The van der Waals surface area contributed by atoms with Crippen molar-refractivity contribution in [1.82, 2.24) is 10.3 Å². The molecule has 0 fully saturated rings. The van der Waals surface area contributed by atoms with E-state index in [1.807, 2.05) is 13.8 Å². The molecule has 0 saturated carbocycles. The van der Waals surface area contributed by atoms with Crippen LogP contribution in [0.5, 0.6) is 0 Å². The molecule has 1 rings (SSSR count). The zero-order valence-corrected chi connectivity index (χ0v) is 11.6. The van der Waals surface area contributed by atoms with Crippen LogP contribution in [0.3, 0.4) is 0 Å². The summed E-state index contributed by atoms with van der Waals surface area (Å²) in [6.45, 7) is 6.89. The van der Waals surface area contributed by atoms with Gasteiger partial charge in [-0.2, -0.15) is 0 Å². The molecule has 0 radical (unpaired) electrons. The first-order chi connectivity index (χ1) is 8.47. The molecule has 0 aliphatic carbocycles. The lowest BCUT2D eigenvalue weighted by atomic mass is 9.97. The average molecular weight is 272 g/mol. The van der Waals surface area contributed by atoms with Crippen LogP contribution in [0.15, 0.2) is 12.3 Å². The fourth-order valence-electron chi connectivity index (χ4n) is 1.72. The fourth-order valence-corrected chi connectivity index (χ4v) is 1.87. The van der Waals surface area contributed by atoms with Gasteiger partial charge in [-0.05, 0) is 19.9 Å². The molecule has 100 valence electrons. The summed E-state index contributed by atoms with van der Waals surface area (Å²) in [7, 11) is 0. The van der Waals surface area contributed by atoms with E-state index in [0.717, 1.165) is 13.0 Å². The van der Waals surface area contributed by atoms with Crippen molar-refractivity contribution in [3.8, 4) is 0 Å². The van der Waals surface area contributed by atoms with E-state index < -0.39 is 4.92 Å². The highest BCUT2D eigenvalue weighted by atomic mass is 35.5. The highest BCUT2D eigenvalue weighted by Gasteiger charge is 2.24. The van der Waals surface area contributed by atoms with E-state index in [0.29, 0.717) is 5.69 Å². The van der Waals surface area contributed by atoms with Crippen molar-refractivity contribution in [3.05, 3.63) is 33.1 Å². The lowest BCUT2D eigenvalue weighted by molar-refractivity contribution is -0.386. The van der Waals surface area contributed by atoms with Gasteiger partial charge in [-0.1, -0.05) is 25.4 Å². The van der Waals surface area contributed by atoms with E-state index in [-0.39, 0.29) is 22.7 Å². The van der Waals surface area contributed by atoms with E-state index >= 15 is 0 Å². The summed E-state index contributed by atoms with van der Waals surface area (Å²) in [5.74, 6) is -0.0470. The van der Waals surface area contributed by atoms with Gasteiger partial charge in [-0.15, -0.1) is 0 Å². The van der Waals surface area contributed by atoms with Gasteiger partial charge in [0.1, 0.15) is 5.69 Å². The largest absolute Gasteiger partial charge is 0.314 e. The number of nitrogens with one attached hydrogen (secondary N) is 1. The maximum absolute atomic E-state index is 11.0. The maximum Gasteiger partial charge on any atom is 0.292 e. The molecular formula is C12H18ClN3O2. The second-order valence-electron chi connectivity index (χ2n) is 4.35. The van der Waals surface area contributed by atoms with Crippen molar-refractivity contribution in [1.29, 1.82) is 0 Å². The molecule has 1 aromatic heterocycles. The Morgan fingerprint density at radius 2 is 2.22 bits per heavy atom. The summed E-state index contributed by atoms with van der Waals surface area (Å²) < 4.78 is 0. The lowest BCUT2D eigenvalue weighted by Crippen LogP contribution is -2.32. The molecule has 0 amide bonds. The molecule has 2 atom stereocenters. The number of halogens is 1. The first kappa shape index (κ1) is 14.9. The van der Waals surface area contributed by atoms with E-state index in [1.54, 1.807) is 0 Å². The number of nitrogens with zero attached hydrogens (tertiary/aromatic N) is 2. The van der Waals surface area contributed by atoms with Crippen LogP contribution in [0, 0.1) is 10.1 Å². The zero-order valence-electron chi connectivity index (χ0n) is 10.8. The van der Waals surface area contributed by atoms with Gasteiger partial charge in [0.25, 0.3) is 5.69 Å². The van der Waals surface area contributed by atoms with Crippen LogP contribution in [0.4, 0.5) is 5.69 Å². The van der Waals surface area contributed by atoms with Crippen molar-refractivity contribution in [2.24, 2.45) is 0 Å². The highest BCUT2D eigenvalue weighted by Crippen LogP contribution is 2.28. The number of hydrogen-bond acceptors (Lipinski definition) is 4. The Morgan fingerprint density at radius 3 is 2.78 bits per heavy atom. The highest BCUT2D eigenvalue weighted by molar-refractivity contribution is 6.30. The molecule has 18 heavy (non-hydrogen) atoms. The molecule has 5 nitrogen and oxygen atoms in total. The van der Waals surface area contributed by atoms with Gasteiger partial charge in [0, 0.05) is 24.2 Å². The van der Waals surface area contributed by atoms with Crippen LogP contribution in [-0.2, 0) is 0 Å². The number of aromatic nitrogens is 1. The number of nitro groups is 1. The summed E-state index contributed by atoms with van der Waals surface area (Å²) in [4.78, 5) is 14.7. The molecule has 1 N–H and O–H groups in total. The van der Waals surface area contributed by atoms with Crippen LogP contribution in [0.25, 0.3) is 0 Å². The van der Waals surface area contributed by atoms with Crippen LogP contribution in [-0.4, -0.2) is 22.5 Å². The molecule has 0 aliphatic heterocycles. The van der Waals surface area contributed by atoms with Crippen molar-refractivity contribution < 1.29 is 4.92 Å². The Balaban J connectivity index is 2.97. The van der Waals surface area contributed by atoms with Crippen LogP contribution >= 0.6 is 11.6 Å². The van der Waals surface area contributed by atoms with Gasteiger partial charge in [0.05, 0.1) is 9.95 Å². The van der Waals surface area contributed by atoms with Gasteiger partial charge in [-0.3, -0.25) is 15.1 Å². The van der Waals surface area contributed by atoms with Crippen LogP contribution in [0.1, 0.15) is 38.8 Å². The Kier molecular flexibility index (Phi) is 5.50. The fraction of sp³-hybridized carbons (Fsp3) is 0.583. The third kappa shape index (κ3) is 3.65. The molecule has 0 aromatic carbocycles. The summed E-state index contributed by atoms with van der Waals surface area (Å²) >= 11 is 5.75. The SMILES string of the molecule is CCCNC(C)C(C)c1ncc(Cl)cc1[N+](=O)[O-]. The van der Waals surface area contributed by atoms with Crippen molar-refractivity contribution >= 4 is 17.3 Å². The Morgan fingerprint density at radius 1 is 1.56 bits per heavy atom. The summed E-state index contributed by atoms with van der Waals surface area (Å²) in [5, 5.41) is 14.6. The normalized spacial score (nSPS) is 14.2. The molecule has 0 saturated heterocycles. The smallest absolute Gasteiger partial charge is 0.292 e. The zero-order chi connectivity index (χ0) is 13.7.